The quantitative estimate of drug-likeness (QED) is 0.865. The Morgan fingerprint density at radius 1 is 1.54 bits per heavy atom. The highest BCUT2D eigenvalue weighted by Crippen LogP contribution is 2.40. The Morgan fingerprint density at radius 3 is 3.00 bits per heavy atom. The molecule has 126 valence electrons. The van der Waals surface area contributed by atoms with Crippen molar-refractivity contribution in [3.63, 3.8) is 0 Å². The minimum atomic E-state index is -0.571. The molecule has 0 saturated heterocycles. The molecule has 2 heterocycles. The van der Waals surface area contributed by atoms with E-state index in [-0.39, 0.29) is 5.91 Å². The third kappa shape index (κ3) is 3.07. The molecule has 0 radical (unpaired) electrons. The molecule has 6 heteroatoms. The van der Waals surface area contributed by atoms with Gasteiger partial charge in [0, 0.05) is 16.9 Å². The van der Waals surface area contributed by atoms with Gasteiger partial charge in [0.25, 0.3) is 5.91 Å². The minimum absolute atomic E-state index is 0.224. The maximum Gasteiger partial charge on any atom is 0.250 e. The second-order valence-corrected chi connectivity index (χ2v) is 7.01. The van der Waals surface area contributed by atoms with E-state index in [4.69, 9.17) is 4.74 Å². The average Bonchev–Trinajstić information content (AvgIpc) is 2.90. The molecule has 24 heavy (non-hydrogen) atoms. The van der Waals surface area contributed by atoms with Crippen molar-refractivity contribution in [3.8, 4) is 5.75 Å². The zero-order chi connectivity index (χ0) is 17.3. The van der Waals surface area contributed by atoms with Gasteiger partial charge in [-0.15, -0.1) is 11.3 Å². The lowest BCUT2D eigenvalue weighted by Crippen LogP contribution is -2.30. The topological polar surface area (TPSA) is 62.7 Å². The van der Waals surface area contributed by atoms with Gasteiger partial charge in [-0.3, -0.25) is 9.69 Å². The van der Waals surface area contributed by atoms with Crippen LogP contribution in [0.4, 0.5) is 5.69 Å². The zero-order valence-electron chi connectivity index (χ0n) is 13.8. The largest absolute Gasteiger partial charge is 0.491 e. The number of carbonyl (C=O) groups is 1. The van der Waals surface area contributed by atoms with Gasteiger partial charge in [0.15, 0.2) is 0 Å². The predicted octanol–water partition coefficient (Wildman–Crippen LogP) is 3.30. The molecule has 1 aliphatic heterocycles. The average molecular weight is 344 g/mol. The molecule has 3 rings (SSSR count). The van der Waals surface area contributed by atoms with E-state index >= 15 is 0 Å². The van der Waals surface area contributed by atoms with Crippen LogP contribution in [-0.4, -0.2) is 22.6 Å². The number of rotatable bonds is 4. The van der Waals surface area contributed by atoms with E-state index in [1.807, 2.05) is 32.0 Å². The monoisotopic (exact) mass is 344 g/mol. The van der Waals surface area contributed by atoms with E-state index in [0.717, 1.165) is 15.6 Å². The number of hydrogen-bond acceptors (Lipinski definition) is 5. The number of para-hydroxylation sites is 1. The van der Waals surface area contributed by atoms with Gasteiger partial charge < -0.3 is 9.84 Å². The first-order valence-electron chi connectivity index (χ1n) is 7.82. The lowest BCUT2D eigenvalue weighted by atomic mass is 10.0. The molecular formula is C18H20N2O3S. The van der Waals surface area contributed by atoms with E-state index in [0.29, 0.717) is 36.6 Å². The van der Waals surface area contributed by atoms with Crippen molar-refractivity contribution in [3.05, 3.63) is 52.0 Å². The Kier molecular flexibility index (Phi) is 4.69. The van der Waals surface area contributed by atoms with Crippen LogP contribution in [0.2, 0.25) is 0 Å². The molecule has 0 saturated carbocycles. The summed E-state index contributed by atoms with van der Waals surface area (Å²) in [6.45, 7) is 8.35. The number of benzene rings is 1. The molecule has 1 aliphatic rings. The molecule has 0 bridgehead atoms. The number of aliphatic hydroxyl groups is 1. The van der Waals surface area contributed by atoms with Crippen LogP contribution in [-0.2, 0) is 11.3 Å². The van der Waals surface area contributed by atoms with Crippen molar-refractivity contribution in [2.75, 3.05) is 11.5 Å². The number of nitrogens with zero attached hydrogens (tertiary/aromatic N) is 2. The highest BCUT2D eigenvalue weighted by atomic mass is 32.1. The number of ether oxygens (including phenoxy) is 1. The third-order valence-electron chi connectivity index (χ3n) is 4.12. The first kappa shape index (κ1) is 16.7. The summed E-state index contributed by atoms with van der Waals surface area (Å²) in [6, 6.07) is 5.48. The van der Waals surface area contributed by atoms with Gasteiger partial charge in [-0.2, -0.15) is 0 Å². The standard InChI is InChI=1S/C18H20N2O3S/c1-4-17(22)20(10-16-19-11(2)12(3)24-16)14-7-5-6-13-15(21)8-9-23-18(13)14/h4-7,15,21H,1,8-10H2,2-3H3. The molecule has 2 aromatic rings. The van der Waals surface area contributed by atoms with Crippen LogP contribution in [0, 0.1) is 13.8 Å². The number of hydrogen-bond donors (Lipinski definition) is 1. The van der Waals surface area contributed by atoms with Gasteiger partial charge in [-0.25, -0.2) is 4.98 Å². The minimum Gasteiger partial charge on any atom is -0.491 e. The zero-order valence-corrected chi connectivity index (χ0v) is 14.6. The molecular weight excluding hydrogens is 324 g/mol. The molecule has 1 N–H and O–H groups in total. The number of thiazole rings is 1. The maximum absolute atomic E-state index is 12.4. The van der Waals surface area contributed by atoms with Gasteiger partial charge in [-0.05, 0) is 26.0 Å². The van der Waals surface area contributed by atoms with Gasteiger partial charge in [-0.1, -0.05) is 18.7 Å². The molecule has 1 atom stereocenters. The Bertz CT molecular complexity index is 765. The van der Waals surface area contributed by atoms with Crippen LogP contribution in [0.5, 0.6) is 5.75 Å². The van der Waals surface area contributed by atoms with Gasteiger partial charge >= 0.3 is 0 Å². The molecule has 5 nitrogen and oxygen atoms in total. The molecule has 0 fully saturated rings. The fraction of sp³-hybridized carbons (Fsp3) is 0.333. The van der Waals surface area contributed by atoms with Crippen LogP contribution in [0.25, 0.3) is 0 Å². The van der Waals surface area contributed by atoms with Crippen LogP contribution >= 0.6 is 11.3 Å². The number of carbonyl (C=O) groups excluding carboxylic acids is 1. The van der Waals surface area contributed by atoms with E-state index < -0.39 is 6.10 Å². The summed E-state index contributed by atoms with van der Waals surface area (Å²) in [5.74, 6) is 0.342. The lowest BCUT2D eigenvalue weighted by molar-refractivity contribution is -0.114. The fourth-order valence-electron chi connectivity index (χ4n) is 2.74. The van der Waals surface area contributed by atoms with Gasteiger partial charge in [0.2, 0.25) is 0 Å². The maximum atomic E-state index is 12.4. The van der Waals surface area contributed by atoms with Crippen molar-refractivity contribution in [1.29, 1.82) is 0 Å². The molecule has 1 amide bonds. The molecule has 1 aromatic heterocycles. The SMILES string of the molecule is C=CC(=O)N(Cc1nc(C)c(C)s1)c1cccc2c1OCCC2O. The highest BCUT2D eigenvalue weighted by molar-refractivity contribution is 7.11. The lowest BCUT2D eigenvalue weighted by Gasteiger charge is -2.28. The highest BCUT2D eigenvalue weighted by Gasteiger charge is 2.26. The predicted molar refractivity (Wildman–Crippen MR) is 94.5 cm³/mol. The molecule has 0 spiro atoms. The summed E-state index contributed by atoms with van der Waals surface area (Å²) in [5.41, 5.74) is 2.33. The van der Waals surface area contributed by atoms with E-state index in [9.17, 15) is 9.90 Å². The number of amides is 1. The Labute approximate surface area is 145 Å². The Hall–Kier alpha value is -2.18. The summed E-state index contributed by atoms with van der Waals surface area (Å²) in [6.07, 6.45) is 1.27. The second kappa shape index (κ2) is 6.75. The third-order valence-corrected chi connectivity index (χ3v) is 5.18. The first-order valence-corrected chi connectivity index (χ1v) is 8.63. The first-order chi connectivity index (χ1) is 11.5. The van der Waals surface area contributed by atoms with E-state index in [1.165, 1.54) is 6.08 Å². The van der Waals surface area contributed by atoms with Gasteiger partial charge in [0.1, 0.15) is 10.8 Å². The summed E-state index contributed by atoms with van der Waals surface area (Å²) in [7, 11) is 0. The molecule has 1 aromatic carbocycles. The fourth-order valence-corrected chi connectivity index (χ4v) is 3.66. The van der Waals surface area contributed by atoms with E-state index in [1.54, 1.807) is 16.2 Å². The smallest absolute Gasteiger partial charge is 0.250 e. The van der Waals surface area contributed by atoms with Crippen LogP contribution in [0.15, 0.2) is 30.9 Å². The number of aryl methyl sites for hydroxylation is 2. The molecule has 1 unspecified atom stereocenters. The second-order valence-electron chi connectivity index (χ2n) is 5.73. The van der Waals surface area contributed by atoms with Crippen molar-refractivity contribution in [1.82, 2.24) is 4.98 Å². The van der Waals surface area contributed by atoms with Crippen molar-refractivity contribution >= 4 is 22.9 Å². The van der Waals surface area contributed by atoms with Crippen LogP contribution in [0.1, 0.15) is 33.7 Å². The van der Waals surface area contributed by atoms with Crippen LogP contribution in [0.3, 0.4) is 0 Å². The van der Waals surface area contributed by atoms with Crippen molar-refractivity contribution < 1.29 is 14.6 Å². The van der Waals surface area contributed by atoms with Crippen molar-refractivity contribution in [2.45, 2.75) is 32.9 Å². The van der Waals surface area contributed by atoms with Gasteiger partial charge in [0.05, 0.1) is 30.6 Å². The molecule has 0 aliphatic carbocycles. The van der Waals surface area contributed by atoms with Crippen molar-refractivity contribution in [2.24, 2.45) is 0 Å². The summed E-state index contributed by atoms with van der Waals surface area (Å²) in [4.78, 5) is 19.7. The summed E-state index contributed by atoms with van der Waals surface area (Å²) >= 11 is 1.57. The number of fused-ring (bicyclic) bond motifs is 1. The number of anilines is 1. The Morgan fingerprint density at radius 2 is 2.33 bits per heavy atom. The van der Waals surface area contributed by atoms with E-state index in [2.05, 4.69) is 11.6 Å². The summed E-state index contributed by atoms with van der Waals surface area (Å²) < 4.78 is 5.76. The number of aromatic nitrogens is 1. The number of aliphatic hydroxyl groups excluding tert-OH is 1. The summed E-state index contributed by atoms with van der Waals surface area (Å²) in [5, 5.41) is 11.0. The van der Waals surface area contributed by atoms with Crippen LogP contribution < -0.4 is 9.64 Å². The Balaban J connectivity index is 2.02. The normalized spacial score (nSPS) is 16.2.